The van der Waals surface area contributed by atoms with Crippen molar-refractivity contribution in [3.8, 4) is 5.75 Å². The summed E-state index contributed by atoms with van der Waals surface area (Å²) < 4.78 is 5.36. The van der Waals surface area contributed by atoms with Crippen molar-refractivity contribution in [2.45, 2.75) is 58.0 Å². The molecule has 5 heteroatoms. The van der Waals surface area contributed by atoms with Crippen molar-refractivity contribution in [2.24, 2.45) is 0 Å². The van der Waals surface area contributed by atoms with Crippen molar-refractivity contribution in [3.63, 3.8) is 0 Å². The van der Waals surface area contributed by atoms with Crippen LogP contribution >= 0.6 is 12.2 Å². The molecule has 1 aliphatic heterocycles. The predicted octanol–water partition coefficient (Wildman–Crippen LogP) is 5.61. The second-order valence-electron chi connectivity index (χ2n) is 8.37. The van der Waals surface area contributed by atoms with Crippen molar-refractivity contribution >= 4 is 28.7 Å². The van der Waals surface area contributed by atoms with Crippen LogP contribution in [0.1, 0.15) is 50.2 Å². The zero-order valence-corrected chi connectivity index (χ0v) is 19.0. The number of fused-ring (bicyclic) bond motifs is 1. The van der Waals surface area contributed by atoms with E-state index in [0.717, 1.165) is 29.6 Å². The first-order valence-electron chi connectivity index (χ1n) is 11.3. The maximum atomic E-state index is 5.90. The minimum atomic E-state index is 0.513. The maximum absolute atomic E-state index is 5.90. The van der Waals surface area contributed by atoms with Gasteiger partial charge >= 0.3 is 0 Å². The highest BCUT2D eigenvalue weighted by Gasteiger charge is 2.25. The molecular weight excluding hydrogens is 390 g/mol. The molecule has 1 heterocycles. The highest BCUT2D eigenvalue weighted by molar-refractivity contribution is 7.80. The van der Waals surface area contributed by atoms with Gasteiger partial charge in [-0.3, -0.25) is 0 Å². The molecule has 0 amide bonds. The molecule has 1 saturated carbocycles. The molecule has 2 aromatic carbocycles. The number of hydrogen-bond acceptors (Lipinski definition) is 3. The molecule has 0 saturated heterocycles. The number of hydrogen-bond donors (Lipinski definition) is 1. The Balaban J connectivity index is 1.53. The summed E-state index contributed by atoms with van der Waals surface area (Å²) in [6, 6.07) is 15.5. The zero-order valence-electron chi connectivity index (χ0n) is 18.2. The van der Waals surface area contributed by atoms with Crippen molar-refractivity contribution < 1.29 is 4.74 Å². The molecule has 0 aromatic heterocycles. The molecular formula is C25H33N3OS. The predicted molar refractivity (Wildman–Crippen MR) is 130 cm³/mol. The van der Waals surface area contributed by atoms with Gasteiger partial charge in [0.25, 0.3) is 0 Å². The Hall–Kier alpha value is -2.27. The van der Waals surface area contributed by atoms with E-state index in [1.54, 1.807) is 7.11 Å². The van der Waals surface area contributed by atoms with Crippen molar-refractivity contribution in [3.05, 3.63) is 53.6 Å². The van der Waals surface area contributed by atoms with Crippen LogP contribution in [0.2, 0.25) is 0 Å². The third-order valence-electron chi connectivity index (χ3n) is 6.44. The first-order valence-corrected chi connectivity index (χ1v) is 11.7. The zero-order chi connectivity index (χ0) is 20.9. The second kappa shape index (κ2) is 9.69. The highest BCUT2D eigenvalue weighted by atomic mass is 32.1. The van der Waals surface area contributed by atoms with Crippen molar-refractivity contribution in [1.29, 1.82) is 0 Å². The average molecular weight is 424 g/mol. The Morgan fingerprint density at radius 3 is 2.77 bits per heavy atom. The lowest BCUT2D eigenvalue weighted by atomic mass is 9.99. The fraction of sp³-hybridized carbons (Fsp3) is 0.480. The van der Waals surface area contributed by atoms with E-state index in [-0.39, 0.29) is 0 Å². The van der Waals surface area contributed by atoms with Gasteiger partial charge < -0.3 is 19.9 Å². The average Bonchev–Trinajstić information content (AvgIpc) is 3.31. The molecule has 30 heavy (non-hydrogen) atoms. The van der Waals surface area contributed by atoms with Gasteiger partial charge in [0.1, 0.15) is 5.75 Å². The molecule has 1 aliphatic carbocycles. The van der Waals surface area contributed by atoms with E-state index in [1.165, 1.54) is 61.9 Å². The summed E-state index contributed by atoms with van der Waals surface area (Å²) in [6.45, 7) is 5.36. The number of rotatable bonds is 6. The molecule has 2 aliphatic rings. The number of ether oxygens (including phenoxy) is 1. The molecule has 0 radical (unpaired) electrons. The smallest absolute Gasteiger partial charge is 0.173 e. The van der Waals surface area contributed by atoms with Crippen LogP contribution in [0.5, 0.6) is 5.75 Å². The van der Waals surface area contributed by atoms with Crippen LogP contribution in [0, 0.1) is 0 Å². The lowest BCUT2D eigenvalue weighted by molar-refractivity contribution is 0.312. The van der Waals surface area contributed by atoms with Gasteiger partial charge in [-0.1, -0.05) is 31.0 Å². The standard InChI is InChI=1S/C25H33N3OS/c1-3-27-15-7-8-20-16-19(13-14-24(20)27)18-28(22-10-4-5-11-22)25(30)26-21-9-6-12-23(17-21)29-2/h6,9,12-14,16-17,22H,3-5,7-8,10-11,15,18H2,1-2H3,(H,26,30). The van der Waals surface area contributed by atoms with Crippen LogP contribution in [0.4, 0.5) is 11.4 Å². The fourth-order valence-corrected chi connectivity index (χ4v) is 5.16. The number of methoxy groups -OCH3 is 1. The van der Waals surface area contributed by atoms with E-state index in [2.05, 4.69) is 40.2 Å². The molecule has 160 valence electrons. The Labute approximate surface area is 186 Å². The van der Waals surface area contributed by atoms with Crippen molar-refractivity contribution in [1.82, 2.24) is 4.90 Å². The van der Waals surface area contributed by atoms with Gasteiger partial charge in [0.15, 0.2) is 5.11 Å². The SMILES string of the molecule is CCN1CCCc2cc(CN(C(=S)Nc3cccc(OC)c3)C3CCCC3)ccc21. The summed E-state index contributed by atoms with van der Waals surface area (Å²) in [5.74, 6) is 0.838. The van der Waals surface area contributed by atoms with Gasteiger partial charge in [0, 0.05) is 43.1 Å². The maximum Gasteiger partial charge on any atom is 0.173 e. The van der Waals surface area contributed by atoms with Crippen molar-refractivity contribution in [2.75, 3.05) is 30.4 Å². The largest absolute Gasteiger partial charge is 0.497 e. The lowest BCUT2D eigenvalue weighted by Crippen LogP contribution is -2.41. The summed E-state index contributed by atoms with van der Waals surface area (Å²) in [7, 11) is 1.69. The molecule has 2 aromatic rings. The fourth-order valence-electron chi connectivity index (χ4n) is 4.83. The summed E-state index contributed by atoms with van der Waals surface area (Å²) in [4.78, 5) is 4.90. The van der Waals surface area contributed by atoms with Crippen LogP contribution in [0.15, 0.2) is 42.5 Å². The van der Waals surface area contributed by atoms with Gasteiger partial charge in [-0.05, 0) is 74.2 Å². The van der Waals surface area contributed by atoms with Gasteiger partial charge in [0.2, 0.25) is 0 Å². The normalized spacial score (nSPS) is 16.3. The first-order chi connectivity index (χ1) is 14.7. The quantitative estimate of drug-likeness (QED) is 0.610. The topological polar surface area (TPSA) is 27.7 Å². The molecule has 0 spiro atoms. The van der Waals surface area contributed by atoms with Gasteiger partial charge in [0.05, 0.1) is 7.11 Å². The Morgan fingerprint density at radius 2 is 2.00 bits per heavy atom. The minimum Gasteiger partial charge on any atom is -0.497 e. The van der Waals surface area contributed by atoms with Crippen LogP contribution in [0.3, 0.4) is 0 Å². The molecule has 4 rings (SSSR count). The summed E-state index contributed by atoms with van der Waals surface area (Å²) in [5.41, 5.74) is 5.23. The van der Waals surface area contributed by atoms with Crippen LogP contribution in [-0.4, -0.2) is 36.3 Å². The number of nitrogens with one attached hydrogen (secondary N) is 1. The molecule has 0 bridgehead atoms. The van der Waals surface area contributed by atoms with E-state index < -0.39 is 0 Å². The number of thiocarbonyl (C=S) groups is 1. The number of anilines is 2. The molecule has 4 nitrogen and oxygen atoms in total. The monoisotopic (exact) mass is 423 g/mol. The summed E-state index contributed by atoms with van der Waals surface area (Å²) in [5, 5.41) is 4.27. The molecule has 0 atom stereocenters. The van der Waals surface area contributed by atoms with E-state index >= 15 is 0 Å². The number of nitrogens with zero attached hydrogens (tertiary/aromatic N) is 2. The van der Waals surface area contributed by atoms with E-state index in [0.29, 0.717) is 6.04 Å². The van der Waals surface area contributed by atoms with Crippen LogP contribution in [-0.2, 0) is 13.0 Å². The van der Waals surface area contributed by atoms with Gasteiger partial charge in [-0.25, -0.2) is 0 Å². The first kappa shape index (κ1) is 21.0. The van der Waals surface area contributed by atoms with Gasteiger partial charge in [-0.2, -0.15) is 0 Å². The van der Waals surface area contributed by atoms with Crippen LogP contribution in [0.25, 0.3) is 0 Å². The van der Waals surface area contributed by atoms with E-state index in [9.17, 15) is 0 Å². The Morgan fingerprint density at radius 1 is 1.17 bits per heavy atom. The Bertz CT molecular complexity index is 878. The number of aryl methyl sites for hydroxylation is 1. The molecule has 1 fully saturated rings. The second-order valence-corrected chi connectivity index (χ2v) is 8.76. The summed E-state index contributed by atoms with van der Waals surface area (Å²) in [6.07, 6.45) is 7.43. The third-order valence-corrected chi connectivity index (χ3v) is 6.78. The minimum absolute atomic E-state index is 0.513. The Kier molecular flexibility index (Phi) is 6.78. The van der Waals surface area contributed by atoms with E-state index in [4.69, 9.17) is 17.0 Å². The number of benzene rings is 2. The van der Waals surface area contributed by atoms with Crippen LogP contribution < -0.4 is 15.0 Å². The van der Waals surface area contributed by atoms with Gasteiger partial charge in [-0.15, -0.1) is 0 Å². The highest BCUT2D eigenvalue weighted by Crippen LogP contribution is 2.30. The molecule has 1 N–H and O–H groups in total. The lowest BCUT2D eigenvalue weighted by Gasteiger charge is -2.33. The summed E-state index contributed by atoms with van der Waals surface area (Å²) >= 11 is 5.90. The third kappa shape index (κ3) is 4.72. The van der Waals surface area contributed by atoms with E-state index in [1.807, 2.05) is 24.3 Å². The molecule has 0 unspecified atom stereocenters.